The molecule has 0 aliphatic carbocycles. The van der Waals surface area contributed by atoms with Gasteiger partial charge in [0, 0.05) is 21.0 Å². The molecule has 0 fully saturated rings. The Hall–Kier alpha value is -2.39. The van der Waals surface area contributed by atoms with E-state index >= 15 is 0 Å². The van der Waals surface area contributed by atoms with Crippen molar-refractivity contribution in [2.45, 2.75) is 0 Å². The van der Waals surface area contributed by atoms with Gasteiger partial charge in [-0.3, -0.25) is 0 Å². The van der Waals surface area contributed by atoms with Gasteiger partial charge in [0.05, 0.1) is 21.3 Å². The van der Waals surface area contributed by atoms with Crippen LogP contribution in [0.5, 0.6) is 0 Å². The van der Waals surface area contributed by atoms with Crippen LogP contribution in [0, 0.1) is 0 Å². The van der Waals surface area contributed by atoms with Crippen molar-refractivity contribution in [1.82, 2.24) is 9.97 Å². The molecule has 0 saturated carbocycles. The SMILES string of the molecule is c1ccc2c(c1)[nH]c1cc3sc4ccccc4c3nc12. The molecule has 0 bridgehead atoms. The fraction of sp³-hybridized carbons (Fsp3) is 0. The van der Waals surface area contributed by atoms with Gasteiger partial charge in [0.25, 0.3) is 0 Å². The summed E-state index contributed by atoms with van der Waals surface area (Å²) < 4.78 is 2.54. The number of rotatable bonds is 0. The normalized spacial score (nSPS) is 12.0. The molecule has 0 spiro atoms. The summed E-state index contributed by atoms with van der Waals surface area (Å²) >= 11 is 1.80. The summed E-state index contributed by atoms with van der Waals surface area (Å²) in [6.07, 6.45) is 0. The van der Waals surface area contributed by atoms with E-state index in [-0.39, 0.29) is 0 Å². The highest BCUT2D eigenvalue weighted by molar-refractivity contribution is 7.25. The molecule has 5 aromatic rings. The molecular weight excluding hydrogens is 264 g/mol. The monoisotopic (exact) mass is 274 g/mol. The summed E-state index contributed by atoms with van der Waals surface area (Å²) in [5.74, 6) is 0. The van der Waals surface area contributed by atoms with E-state index < -0.39 is 0 Å². The Morgan fingerprint density at radius 3 is 2.50 bits per heavy atom. The van der Waals surface area contributed by atoms with E-state index in [1.807, 2.05) is 0 Å². The van der Waals surface area contributed by atoms with Crippen molar-refractivity contribution in [3.05, 3.63) is 54.6 Å². The summed E-state index contributed by atoms with van der Waals surface area (Å²) in [6.45, 7) is 0. The lowest BCUT2D eigenvalue weighted by Gasteiger charge is -1.93. The van der Waals surface area contributed by atoms with Crippen LogP contribution in [0.2, 0.25) is 0 Å². The van der Waals surface area contributed by atoms with Crippen molar-refractivity contribution in [2.75, 3.05) is 0 Å². The number of hydrogen-bond acceptors (Lipinski definition) is 2. The Balaban J connectivity index is 2.06. The number of aromatic nitrogens is 2. The number of nitrogens with zero attached hydrogens (tertiary/aromatic N) is 1. The van der Waals surface area contributed by atoms with E-state index in [0.717, 1.165) is 22.1 Å². The molecule has 20 heavy (non-hydrogen) atoms. The van der Waals surface area contributed by atoms with Crippen molar-refractivity contribution in [3.63, 3.8) is 0 Å². The first kappa shape index (κ1) is 10.4. The van der Waals surface area contributed by atoms with Crippen LogP contribution in [0.3, 0.4) is 0 Å². The zero-order valence-corrected chi connectivity index (χ0v) is 11.4. The number of H-pyrrole nitrogens is 1. The molecule has 1 N–H and O–H groups in total. The van der Waals surface area contributed by atoms with Crippen molar-refractivity contribution in [3.8, 4) is 0 Å². The van der Waals surface area contributed by atoms with Gasteiger partial charge in [-0.15, -0.1) is 11.3 Å². The van der Waals surface area contributed by atoms with Gasteiger partial charge >= 0.3 is 0 Å². The van der Waals surface area contributed by atoms with E-state index in [1.54, 1.807) is 11.3 Å². The maximum absolute atomic E-state index is 4.93. The van der Waals surface area contributed by atoms with Crippen molar-refractivity contribution in [2.24, 2.45) is 0 Å². The first-order chi connectivity index (χ1) is 9.90. The molecule has 5 rings (SSSR count). The summed E-state index contributed by atoms with van der Waals surface area (Å²) in [5.41, 5.74) is 4.45. The third kappa shape index (κ3) is 1.25. The van der Waals surface area contributed by atoms with Crippen LogP contribution in [0.1, 0.15) is 0 Å². The first-order valence-corrected chi connectivity index (χ1v) is 7.40. The predicted octanol–water partition coefficient (Wildman–Crippen LogP) is 5.08. The number of thiophene rings is 1. The molecule has 0 radical (unpaired) electrons. The van der Waals surface area contributed by atoms with E-state index in [4.69, 9.17) is 4.98 Å². The van der Waals surface area contributed by atoms with E-state index in [1.165, 1.54) is 20.2 Å². The zero-order valence-electron chi connectivity index (χ0n) is 10.6. The molecule has 2 aromatic carbocycles. The van der Waals surface area contributed by atoms with Crippen LogP contribution in [0.25, 0.3) is 42.2 Å². The van der Waals surface area contributed by atoms with Crippen molar-refractivity contribution >= 4 is 53.6 Å². The van der Waals surface area contributed by atoms with Gasteiger partial charge in [0.15, 0.2) is 0 Å². The predicted molar refractivity (Wildman–Crippen MR) is 86.5 cm³/mol. The Labute approximate surface area is 118 Å². The number of pyridine rings is 1. The molecule has 0 atom stereocenters. The van der Waals surface area contributed by atoms with Crippen LogP contribution in [-0.2, 0) is 0 Å². The Kier molecular flexibility index (Phi) is 1.86. The third-order valence-corrected chi connectivity index (χ3v) is 4.91. The van der Waals surface area contributed by atoms with E-state index in [2.05, 4.69) is 59.6 Å². The molecule has 94 valence electrons. The van der Waals surface area contributed by atoms with Gasteiger partial charge in [0.1, 0.15) is 0 Å². The Bertz CT molecular complexity index is 1020. The third-order valence-electron chi connectivity index (χ3n) is 3.80. The molecule has 3 heterocycles. The summed E-state index contributed by atoms with van der Waals surface area (Å²) in [6, 6.07) is 19.0. The van der Waals surface area contributed by atoms with E-state index in [9.17, 15) is 0 Å². The van der Waals surface area contributed by atoms with Gasteiger partial charge in [-0.05, 0) is 18.2 Å². The smallest absolute Gasteiger partial charge is 0.0966 e. The number of aromatic amines is 1. The number of nitrogens with one attached hydrogen (secondary N) is 1. The van der Waals surface area contributed by atoms with Gasteiger partial charge in [0.2, 0.25) is 0 Å². The second-order valence-corrected chi connectivity index (χ2v) is 6.08. The second-order valence-electron chi connectivity index (χ2n) is 5.00. The molecule has 0 unspecified atom stereocenters. The molecule has 0 aliphatic rings. The highest BCUT2D eigenvalue weighted by Crippen LogP contribution is 2.35. The first-order valence-electron chi connectivity index (χ1n) is 6.59. The molecular formula is C17H10N2S. The van der Waals surface area contributed by atoms with Crippen LogP contribution in [0.4, 0.5) is 0 Å². The molecule has 3 aromatic heterocycles. The maximum atomic E-state index is 4.93. The van der Waals surface area contributed by atoms with Crippen LogP contribution in [-0.4, -0.2) is 9.97 Å². The average molecular weight is 274 g/mol. The minimum atomic E-state index is 1.07. The molecule has 0 amide bonds. The van der Waals surface area contributed by atoms with Crippen molar-refractivity contribution < 1.29 is 0 Å². The average Bonchev–Trinajstić information content (AvgIpc) is 3.02. The highest BCUT2D eigenvalue weighted by Gasteiger charge is 2.10. The second kappa shape index (κ2) is 3.58. The molecule has 0 saturated heterocycles. The van der Waals surface area contributed by atoms with Gasteiger partial charge in [-0.2, -0.15) is 0 Å². The lowest BCUT2D eigenvalue weighted by atomic mass is 10.2. The summed E-state index contributed by atoms with van der Waals surface area (Å²) in [5, 5.41) is 2.44. The Morgan fingerprint density at radius 1 is 0.750 bits per heavy atom. The topological polar surface area (TPSA) is 28.7 Å². The van der Waals surface area contributed by atoms with Crippen LogP contribution in [0.15, 0.2) is 54.6 Å². The van der Waals surface area contributed by atoms with Crippen LogP contribution < -0.4 is 0 Å². The lowest BCUT2D eigenvalue weighted by molar-refractivity contribution is 1.51. The maximum Gasteiger partial charge on any atom is 0.0966 e. The highest BCUT2D eigenvalue weighted by atomic mass is 32.1. The number of hydrogen-bond donors (Lipinski definition) is 1. The quantitative estimate of drug-likeness (QED) is 0.419. The molecule has 0 aliphatic heterocycles. The number of benzene rings is 2. The summed E-state index contributed by atoms with van der Waals surface area (Å²) in [4.78, 5) is 8.39. The van der Waals surface area contributed by atoms with Gasteiger partial charge in [-0.1, -0.05) is 36.4 Å². The fourth-order valence-electron chi connectivity index (χ4n) is 2.88. The fourth-order valence-corrected chi connectivity index (χ4v) is 3.97. The molecule has 3 heteroatoms. The van der Waals surface area contributed by atoms with Crippen molar-refractivity contribution in [1.29, 1.82) is 0 Å². The van der Waals surface area contributed by atoms with Gasteiger partial charge in [-0.25, -0.2) is 4.98 Å². The lowest BCUT2D eigenvalue weighted by Crippen LogP contribution is -1.76. The number of para-hydroxylation sites is 1. The molecule has 2 nitrogen and oxygen atoms in total. The van der Waals surface area contributed by atoms with E-state index in [0.29, 0.717) is 0 Å². The van der Waals surface area contributed by atoms with Crippen LogP contribution >= 0.6 is 11.3 Å². The standard InChI is InChI=1S/C17H10N2S/c1-3-7-12-10(5-1)16-13(18-12)9-15-17(19-16)11-6-2-4-8-14(11)20-15/h1-9,18H. The van der Waals surface area contributed by atoms with Gasteiger partial charge < -0.3 is 4.98 Å². The number of fused-ring (bicyclic) bond motifs is 6. The summed E-state index contributed by atoms with van der Waals surface area (Å²) in [7, 11) is 0. The minimum Gasteiger partial charge on any atom is -0.353 e. The minimum absolute atomic E-state index is 1.07. The zero-order chi connectivity index (χ0) is 13.1. The largest absolute Gasteiger partial charge is 0.353 e. The Morgan fingerprint density at radius 2 is 1.55 bits per heavy atom.